The van der Waals surface area contributed by atoms with Crippen LogP contribution in [-0.4, -0.2) is 16.2 Å². The average molecular weight is 165 g/mol. The highest BCUT2D eigenvalue weighted by atomic mass is 16.3. The number of aliphatic hydroxyl groups is 1. The van der Waals surface area contributed by atoms with Crippen LogP contribution in [0.3, 0.4) is 0 Å². The zero-order valence-electron chi connectivity index (χ0n) is 7.40. The summed E-state index contributed by atoms with van der Waals surface area (Å²) >= 11 is 0. The zero-order chi connectivity index (χ0) is 8.81. The summed E-state index contributed by atoms with van der Waals surface area (Å²) in [7, 11) is 0. The highest BCUT2D eigenvalue weighted by Crippen LogP contribution is 2.03. The minimum atomic E-state index is -0.174. The maximum absolute atomic E-state index is 9.29. The first-order valence-corrected chi connectivity index (χ1v) is 4.41. The molecule has 12 heavy (non-hydrogen) atoms. The standard InChI is InChI=1S/C10H15NO/c1-2-10(12)7-6-9-5-3-4-8-11-9/h3-5,8,10,12H,2,6-7H2,1H3. The summed E-state index contributed by atoms with van der Waals surface area (Å²) in [6, 6.07) is 5.86. The van der Waals surface area contributed by atoms with Crippen molar-refractivity contribution in [1.29, 1.82) is 0 Å². The van der Waals surface area contributed by atoms with Gasteiger partial charge in [-0.05, 0) is 31.4 Å². The first-order valence-electron chi connectivity index (χ1n) is 4.41. The van der Waals surface area contributed by atoms with Gasteiger partial charge in [-0.25, -0.2) is 0 Å². The van der Waals surface area contributed by atoms with Crippen molar-refractivity contribution in [2.75, 3.05) is 0 Å². The van der Waals surface area contributed by atoms with Gasteiger partial charge in [0.15, 0.2) is 0 Å². The van der Waals surface area contributed by atoms with Crippen molar-refractivity contribution in [3.63, 3.8) is 0 Å². The van der Waals surface area contributed by atoms with Gasteiger partial charge in [0.1, 0.15) is 0 Å². The summed E-state index contributed by atoms with van der Waals surface area (Å²) in [6.07, 6.45) is 4.12. The quantitative estimate of drug-likeness (QED) is 0.737. The van der Waals surface area contributed by atoms with Crippen LogP contribution in [0.4, 0.5) is 0 Å². The fourth-order valence-electron chi connectivity index (χ4n) is 1.06. The second kappa shape index (κ2) is 4.88. The van der Waals surface area contributed by atoms with Crippen LogP contribution in [0.2, 0.25) is 0 Å². The molecule has 0 amide bonds. The maximum Gasteiger partial charge on any atom is 0.0541 e. The molecule has 1 rings (SSSR count). The highest BCUT2D eigenvalue weighted by Gasteiger charge is 2.00. The van der Waals surface area contributed by atoms with E-state index in [-0.39, 0.29) is 6.10 Å². The number of hydrogen-bond acceptors (Lipinski definition) is 2. The highest BCUT2D eigenvalue weighted by molar-refractivity contribution is 5.03. The molecule has 0 radical (unpaired) electrons. The average Bonchev–Trinajstić information content (AvgIpc) is 2.16. The van der Waals surface area contributed by atoms with Gasteiger partial charge in [0.2, 0.25) is 0 Å². The Bertz CT molecular complexity index is 210. The Morgan fingerprint density at radius 3 is 2.92 bits per heavy atom. The molecule has 1 atom stereocenters. The zero-order valence-corrected chi connectivity index (χ0v) is 7.40. The van der Waals surface area contributed by atoms with Gasteiger partial charge < -0.3 is 5.11 Å². The van der Waals surface area contributed by atoms with Gasteiger partial charge in [-0.15, -0.1) is 0 Å². The molecule has 1 unspecified atom stereocenters. The van der Waals surface area contributed by atoms with Crippen molar-refractivity contribution in [1.82, 2.24) is 4.98 Å². The first-order chi connectivity index (χ1) is 5.83. The second-order valence-corrected chi connectivity index (χ2v) is 2.92. The van der Waals surface area contributed by atoms with E-state index in [1.54, 1.807) is 6.20 Å². The molecular weight excluding hydrogens is 150 g/mol. The van der Waals surface area contributed by atoms with Gasteiger partial charge in [-0.3, -0.25) is 4.98 Å². The lowest BCUT2D eigenvalue weighted by Gasteiger charge is -2.05. The number of aliphatic hydroxyl groups excluding tert-OH is 1. The van der Waals surface area contributed by atoms with Crippen LogP contribution in [0.15, 0.2) is 24.4 Å². The minimum absolute atomic E-state index is 0.174. The van der Waals surface area contributed by atoms with E-state index in [9.17, 15) is 5.11 Å². The van der Waals surface area contributed by atoms with Crippen molar-refractivity contribution in [2.24, 2.45) is 0 Å². The Kier molecular flexibility index (Phi) is 3.74. The molecule has 2 heteroatoms. The molecule has 1 aromatic rings. The van der Waals surface area contributed by atoms with E-state index in [1.165, 1.54) is 0 Å². The van der Waals surface area contributed by atoms with Gasteiger partial charge in [0.25, 0.3) is 0 Å². The van der Waals surface area contributed by atoms with Crippen LogP contribution in [0.1, 0.15) is 25.5 Å². The van der Waals surface area contributed by atoms with Crippen molar-refractivity contribution in [3.8, 4) is 0 Å². The molecule has 0 aliphatic heterocycles. The molecular formula is C10H15NO. The van der Waals surface area contributed by atoms with Crippen LogP contribution >= 0.6 is 0 Å². The molecule has 0 saturated heterocycles. The molecule has 0 aromatic carbocycles. The number of rotatable bonds is 4. The normalized spacial score (nSPS) is 12.8. The van der Waals surface area contributed by atoms with E-state index >= 15 is 0 Å². The number of hydrogen-bond donors (Lipinski definition) is 1. The lowest BCUT2D eigenvalue weighted by Crippen LogP contribution is -2.06. The molecule has 2 nitrogen and oxygen atoms in total. The molecule has 66 valence electrons. The topological polar surface area (TPSA) is 33.1 Å². The SMILES string of the molecule is CCC(O)CCc1ccccn1. The summed E-state index contributed by atoms with van der Waals surface area (Å²) in [4.78, 5) is 4.17. The lowest BCUT2D eigenvalue weighted by molar-refractivity contribution is 0.160. The van der Waals surface area contributed by atoms with Crippen LogP contribution in [0.25, 0.3) is 0 Å². The van der Waals surface area contributed by atoms with Gasteiger partial charge in [0, 0.05) is 11.9 Å². The second-order valence-electron chi connectivity index (χ2n) is 2.92. The molecule has 0 saturated carbocycles. The maximum atomic E-state index is 9.29. The number of nitrogens with zero attached hydrogens (tertiary/aromatic N) is 1. The predicted molar refractivity (Wildman–Crippen MR) is 48.9 cm³/mol. The van der Waals surface area contributed by atoms with Gasteiger partial charge in [-0.2, -0.15) is 0 Å². The van der Waals surface area contributed by atoms with Crippen LogP contribution in [0, 0.1) is 0 Å². The first kappa shape index (κ1) is 9.20. The van der Waals surface area contributed by atoms with Crippen molar-refractivity contribution < 1.29 is 5.11 Å². The lowest BCUT2D eigenvalue weighted by atomic mass is 10.1. The summed E-state index contributed by atoms with van der Waals surface area (Å²) in [6.45, 7) is 1.99. The number of aromatic nitrogens is 1. The van der Waals surface area contributed by atoms with E-state index in [0.717, 1.165) is 25.0 Å². The van der Waals surface area contributed by atoms with Gasteiger partial charge in [-0.1, -0.05) is 13.0 Å². The molecule has 1 N–H and O–H groups in total. The minimum Gasteiger partial charge on any atom is -0.393 e. The van der Waals surface area contributed by atoms with Crippen LogP contribution in [-0.2, 0) is 6.42 Å². The molecule has 0 spiro atoms. The van der Waals surface area contributed by atoms with Crippen molar-refractivity contribution in [3.05, 3.63) is 30.1 Å². The molecule has 0 fully saturated rings. The molecule has 1 aromatic heterocycles. The third kappa shape index (κ3) is 3.01. The van der Waals surface area contributed by atoms with Crippen LogP contribution in [0.5, 0.6) is 0 Å². The van der Waals surface area contributed by atoms with Crippen molar-refractivity contribution in [2.45, 2.75) is 32.3 Å². The Morgan fingerprint density at radius 1 is 1.50 bits per heavy atom. The van der Waals surface area contributed by atoms with Crippen molar-refractivity contribution >= 4 is 0 Å². The molecule has 0 bridgehead atoms. The summed E-state index contributed by atoms with van der Waals surface area (Å²) in [5.74, 6) is 0. The largest absolute Gasteiger partial charge is 0.393 e. The third-order valence-electron chi connectivity index (χ3n) is 1.93. The van der Waals surface area contributed by atoms with E-state index < -0.39 is 0 Å². The number of aryl methyl sites for hydroxylation is 1. The van der Waals surface area contributed by atoms with E-state index in [2.05, 4.69) is 4.98 Å². The van der Waals surface area contributed by atoms with E-state index in [1.807, 2.05) is 25.1 Å². The predicted octanol–water partition coefficient (Wildman–Crippen LogP) is 1.79. The fourth-order valence-corrected chi connectivity index (χ4v) is 1.06. The van der Waals surface area contributed by atoms with Crippen LogP contribution < -0.4 is 0 Å². The van der Waals surface area contributed by atoms with Gasteiger partial charge >= 0.3 is 0 Å². The van der Waals surface area contributed by atoms with Gasteiger partial charge in [0.05, 0.1) is 6.10 Å². The third-order valence-corrected chi connectivity index (χ3v) is 1.93. The Balaban J connectivity index is 2.33. The van der Waals surface area contributed by atoms with E-state index in [4.69, 9.17) is 0 Å². The molecule has 1 heterocycles. The summed E-state index contributed by atoms with van der Waals surface area (Å²) in [5, 5.41) is 9.29. The molecule has 0 aliphatic rings. The Labute approximate surface area is 73.3 Å². The Hall–Kier alpha value is -0.890. The fraction of sp³-hybridized carbons (Fsp3) is 0.500. The summed E-state index contributed by atoms with van der Waals surface area (Å²) < 4.78 is 0. The number of pyridine rings is 1. The molecule has 0 aliphatic carbocycles. The monoisotopic (exact) mass is 165 g/mol. The van der Waals surface area contributed by atoms with E-state index in [0.29, 0.717) is 0 Å². The summed E-state index contributed by atoms with van der Waals surface area (Å²) in [5.41, 5.74) is 1.06. The smallest absolute Gasteiger partial charge is 0.0541 e. The Morgan fingerprint density at radius 2 is 2.33 bits per heavy atom.